The Kier molecular flexibility index (Phi) is 8.80. The van der Waals surface area contributed by atoms with Crippen LogP contribution in [0, 0.1) is 0 Å². The molecule has 1 saturated heterocycles. The van der Waals surface area contributed by atoms with Crippen molar-refractivity contribution in [2.24, 2.45) is 0 Å². The Morgan fingerprint density at radius 1 is 0.927 bits per heavy atom. The average molecular weight is 590 g/mol. The molecule has 226 valence electrons. The Balaban J connectivity index is 1.62. The van der Waals surface area contributed by atoms with Crippen molar-refractivity contribution in [2.75, 3.05) is 0 Å². The molecule has 4 rings (SSSR count). The molecule has 0 spiro atoms. The summed E-state index contributed by atoms with van der Waals surface area (Å²) in [6, 6.07) is 9.07. The first-order valence-electron chi connectivity index (χ1n) is 13.2. The highest BCUT2D eigenvalue weighted by Gasteiger charge is 2.58. The highest BCUT2D eigenvalue weighted by molar-refractivity contribution is 5.85. The summed E-state index contributed by atoms with van der Waals surface area (Å²) in [6.07, 6.45) is -11.3. The number of fused-ring (bicyclic) bond motifs is 1. The second kappa shape index (κ2) is 11.5. The van der Waals surface area contributed by atoms with Crippen LogP contribution in [-0.4, -0.2) is 41.6 Å². The monoisotopic (exact) mass is 589 g/mol. The van der Waals surface area contributed by atoms with E-state index < -0.39 is 59.1 Å². The van der Waals surface area contributed by atoms with Crippen LogP contribution in [0.5, 0.6) is 0 Å². The molecule has 1 aliphatic heterocycles. The molecule has 0 radical (unpaired) electrons. The van der Waals surface area contributed by atoms with Crippen LogP contribution in [0.15, 0.2) is 48.5 Å². The number of carbonyl (C=O) groups is 1. The zero-order valence-electron chi connectivity index (χ0n) is 23.1. The third-order valence-corrected chi connectivity index (χ3v) is 6.97. The van der Waals surface area contributed by atoms with Gasteiger partial charge in [-0.2, -0.15) is 26.3 Å². The summed E-state index contributed by atoms with van der Waals surface area (Å²) in [5.74, 6) is -1.54. The number of ether oxygens (including phenoxy) is 4. The van der Waals surface area contributed by atoms with Gasteiger partial charge in [-0.25, -0.2) is 0 Å². The SMILES string of the molecule is CC(C)NC(=O)[C@@]1(OCc2cccc(C(F)(F)F)c2)C[C@H](OCc2cccc(C(F)(F)F)c2)[C@@H]2OC(C)(C)O[C@@H]2C1. The van der Waals surface area contributed by atoms with Crippen molar-refractivity contribution < 1.29 is 50.1 Å². The predicted octanol–water partition coefficient (Wildman–Crippen LogP) is 6.40. The number of alkyl halides is 6. The Labute approximate surface area is 234 Å². The van der Waals surface area contributed by atoms with Gasteiger partial charge in [0.25, 0.3) is 5.91 Å². The zero-order valence-corrected chi connectivity index (χ0v) is 23.1. The standard InChI is InChI=1S/C29H33F6NO5/c1-17(2)36-25(37)27(39-16-19-8-6-10-21(12-19)29(33,34)35)13-22(24-23(14-27)40-26(3,4)41-24)38-15-18-7-5-9-20(11-18)28(30,31)32/h5-12,17,22-24H,13-16H2,1-4H3,(H,36,37)/t22-,23+,24-,27+/m0/s1. The molecule has 1 aliphatic carbocycles. The topological polar surface area (TPSA) is 66.0 Å². The third-order valence-electron chi connectivity index (χ3n) is 6.97. The molecule has 4 atom stereocenters. The fourth-order valence-corrected chi connectivity index (χ4v) is 5.20. The van der Waals surface area contributed by atoms with E-state index in [0.29, 0.717) is 0 Å². The van der Waals surface area contributed by atoms with Crippen LogP contribution in [-0.2, 0) is 49.3 Å². The Hall–Kier alpha value is -2.67. The zero-order chi connectivity index (χ0) is 30.2. The number of rotatable bonds is 8. The van der Waals surface area contributed by atoms with E-state index >= 15 is 0 Å². The lowest BCUT2D eigenvalue weighted by atomic mass is 9.78. The average Bonchev–Trinajstić information content (AvgIpc) is 3.18. The van der Waals surface area contributed by atoms with Gasteiger partial charge in [0, 0.05) is 18.9 Å². The Bertz CT molecular complexity index is 1230. The van der Waals surface area contributed by atoms with Gasteiger partial charge in [0.05, 0.1) is 36.5 Å². The van der Waals surface area contributed by atoms with Crippen molar-refractivity contribution in [3.8, 4) is 0 Å². The molecule has 1 amide bonds. The maximum atomic E-state index is 13.6. The molecular formula is C29H33F6NO5. The fraction of sp³-hybridized carbons (Fsp3) is 0.552. The summed E-state index contributed by atoms with van der Waals surface area (Å²) >= 11 is 0. The lowest BCUT2D eigenvalue weighted by Gasteiger charge is -2.43. The molecule has 1 heterocycles. The van der Waals surface area contributed by atoms with Crippen LogP contribution >= 0.6 is 0 Å². The first kappa shape index (κ1) is 31.3. The molecule has 2 aromatic rings. The number of hydrogen-bond acceptors (Lipinski definition) is 5. The van der Waals surface area contributed by atoms with Crippen LogP contribution in [0.25, 0.3) is 0 Å². The fourth-order valence-electron chi connectivity index (χ4n) is 5.20. The van der Waals surface area contributed by atoms with Crippen molar-refractivity contribution in [2.45, 2.75) is 102 Å². The molecule has 12 heteroatoms. The van der Waals surface area contributed by atoms with E-state index in [9.17, 15) is 31.1 Å². The number of hydrogen-bond donors (Lipinski definition) is 1. The number of carbonyl (C=O) groups excluding carboxylic acids is 1. The molecule has 2 fully saturated rings. The number of nitrogens with one attached hydrogen (secondary N) is 1. The second-order valence-corrected chi connectivity index (χ2v) is 11.2. The van der Waals surface area contributed by atoms with Gasteiger partial charge in [0.1, 0.15) is 6.10 Å². The Morgan fingerprint density at radius 2 is 1.49 bits per heavy atom. The molecule has 2 aliphatic rings. The molecule has 6 nitrogen and oxygen atoms in total. The van der Waals surface area contributed by atoms with Gasteiger partial charge in [-0.05, 0) is 63.1 Å². The van der Waals surface area contributed by atoms with E-state index in [2.05, 4.69) is 5.32 Å². The van der Waals surface area contributed by atoms with Crippen LogP contribution in [0.2, 0.25) is 0 Å². The molecule has 2 aromatic carbocycles. The summed E-state index contributed by atoms with van der Waals surface area (Å²) in [4.78, 5) is 13.6. The second-order valence-electron chi connectivity index (χ2n) is 11.2. The first-order valence-corrected chi connectivity index (χ1v) is 13.2. The van der Waals surface area contributed by atoms with Gasteiger partial charge in [0.2, 0.25) is 0 Å². The van der Waals surface area contributed by atoms with E-state index in [-0.39, 0.29) is 43.2 Å². The minimum atomic E-state index is -4.55. The summed E-state index contributed by atoms with van der Waals surface area (Å²) in [5, 5.41) is 2.82. The molecule has 1 N–H and O–H groups in total. The maximum Gasteiger partial charge on any atom is 0.416 e. The van der Waals surface area contributed by atoms with E-state index in [1.165, 1.54) is 24.3 Å². The molecule has 0 unspecified atom stereocenters. The van der Waals surface area contributed by atoms with E-state index in [4.69, 9.17) is 18.9 Å². The van der Waals surface area contributed by atoms with Crippen molar-refractivity contribution >= 4 is 5.91 Å². The van der Waals surface area contributed by atoms with E-state index in [0.717, 1.165) is 24.3 Å². The first-order chi connectivity index (χ1) is 19.0. The van der Waals surface area contributed by atoms with Gasteiger partial charge < -0.3 is 24.3 Å². The van der Waals surface area contributed by atoms with Gasteiger partial charge in [-0.15, -0.1) is 0 Å². The van der Waals surface area contributed by atoms with Crippen molar-refractivity contribution in [3.05, 3.63) is 70.8 Å². The maximum absolute atomic E-state index is 13.6. The summed E-state index contributed by atoms with van der Waals surface area (Å²) in [6.45, 7) is 6.37. The number of halogens is 6. The summed E-state index contributed by atoms with van der Waals surface area (Å²) in [7, 11) is 0. The number of benzene rings is 2. The van der Waals surface area contributed by atoms with Gasteiger partial charge >= 0.3 is 12.4 Å². The predicted molar refractivity (Wildman–Crippen MR) is 135 cm³/mol. The van der Waals surface area contributed by atoms with E-state index in [1.807, 2.05) is 0 Å². The lowest BCUT2D eigenvalue weighted by molar-refractivity contribution is -0.184. The molecular weight excluding hydrogens is 556 g/mol. The summed E-state index contributed by atoms with van der Waals surface area (Å²) < 4.78 is 104. The van der Waals surface area contributed by atoms with Gasteiger partial charge in [-0.1, -0.05) is 24.3 Å². The molecule has 41 heavy (non-hydrogen) atoms. The van der Waals surface area contributed by atoms with Crippen molar-refractivity contribution in [1.29, 1.82) is 0 Å². The quantitative estimate of drug-likeness (QED) is 0.361. The smallest absolute Gasteiger partial charge is 0.371 e. The van der Waals surface area contributed by atoms with Crippen LogP contribution < -0.4 is 5.32 Å². The molecule has 0 aromatic heterocycles. The van der Waals surface area contributed by atoms with E-state index in [1.54, 1.807) is 27.7 Å². The minimum absolute atomic E-state index is 0.0298. The summed E-state index contributed by atoms with van der Waals surface area (Å²) in [5.41, 5.74) is -2.77. The highest BCUT2D eigenvalue weighted by atomic mass is 19.4. The lowest BCUT2D eigenvalue weighted by Crippen LogP contribution is -2.60. The van der Waals surface area contributed by atoms with Crippen LogP contribution in [0.3, 0.4) is 0 Å². The van der Waals surface area contributed by atoms with Crippen molar-refractivity contribution in [1.82, 2.24) is 5.32 Å². The van der Waals surface area contributed by atoms with Crippen molar-refractivity contribution in [3.63, 3.8) is 0 Å². The van der Waals surface area contributed by atoms with Crippen LogP contribution in [0.1, 0.15) is 62.8 Å². The van der Waals surface area contributed by atoms with Gasteiger partial charge in [-0.3, -0.25) is 4.79 Å². The molecule has 1 saturated carbocycles. The normalized spacial score (nSPS) is 26.2. The highest BCUT2D eigenvalue weighted by Crippen LogP contribution is 2.44. The largest absolute Gasteiger partial charge is 0.416 e. The van der Waals surface area contributed by atoms with Gasteiger partial charge in [0.15, 0.2) is 11.4 Å². The number of amides is 1. The Morgan fingerprint density at radius 3 is 2.02 bits per heavy atom. The molecule has 0 bridgehead atoms. The third kappa shape index (κ3) is 7.59. The van der Waals surface area contributed by atoms with Crippen LogP contribution in [0.4, 0.5) is 26.3 Å². The minimum Gasteiger partial charge on any atom is -0.371 e.